The molecule has 0 bridgehead atoms. The summed E-state index contributed by atoms with van der Waals surface area (Å²) in [4.78, 5) is 4.05. The monoisotopic (exact) mass is 276 g/mol. The van der Waals surface area contributed by atoms with Gasteiger partial charge in [-0.15, -0.1) is 0 Å². The van der Waals surface area contributed by atoms with E-state index in [1.54, 1.807) is 31.2 Å². The number of aromatic nitrogens is 2. The van der Waals surface area contributed by atoms with E-state index in [0.29, 0.717) is 23.9 Å². The molecule has 0 aliphatic heterocycles. The van der Waals surface area contributed by atoms with Crippen molar-refractivity contribution in [2.75, 3.05) is 14.2 Å². The van der Waals surface area contributed by atoms with Crippen molar-refractivity contribution in [3.05, 3.63) is 42.0 Å². The number of rotatable bonds is 5. The summed E-state index contributed by atoms with van der Waals surface area (Å²) < 4.78 is 12.2. The van der Waals surface area contributed by atoms with Gasteiger partial charge in [0.2, 0.25) is 5.84 Å². The normalized spacial score (nSPS) is 11.4. The fourth-order valence-corrected chi connectivity index (χ4v) is 1.89. The second-order valence-electron chi connectivity index (χ2n) is 4.05. The Morgan fingerprint density at radius 1 is 1.35 bits per heavy atom. The van der Waals surface area contributed by atoms with Gasteiger partial charge in [0.25, 0.3) is 0 Å². The molecule has 7 heteroatoms. The van der Waals surface area contributed by atoms with E-state index in [4.69, 9.17) is 20.4 Å². The van der Waals surface area contributed by atoms with Gasteiger partial charge >= 0.3 is 0 Å². The first kappa shape index (κ1) is 13.7. The number of hydrogen-bond donors (Lipinski definition) is 2. The van der Waals surface area contributed by atoms with Crippen molar-refractivity contribution in [2.24, 2.45) is 10.9 Å². The van der Waals surface area contributed by atoms with E-state index in [-0.39, 0.29) is 5.84 Å². The van der Waals surface area contributed by atoms with Crippen LogP contribution in [0, 0.1) is 0 Å². The van der Waals surface area contributed by atoms with Crippen LogP contribution < -0.4 is 15.2 Å². The summed E-state index contributed by atoms with van der Waals surface area (Å²) in [6.45, 7) is 0.520. The summed E-state index contributed by atoms with van der Waals surface area (Å²) in [5.41, 5.74) is 6.55. The van der Waals surface area contributed by atoms with Crippen LogP contribution in [0.4, 0.5) is 0 Å². The molecule has 0 unspecified atom stereocenters. The minimum atomic E-state index is -0.0320. The van der Waals surface area contributed by atoms with Crippen LogP contribution in [-0.4, -0.2) is 34.8 Å². The van der Waals surface area contributed by atoms with Crippen molar-refractivity contribution in [1.29, 1.82) is 0 Å². The molecule has 106 valence electrons. The van der Waals surface area contributed by atoms with Gasteiger partial charge in [-0.1, -0.05) is 11.2 Å². The van der Waals surface area contributed by atoms with Crippen molar-refractivity contribution >= 4 is 5.84 Å². The van der Waals surface area contributed by atoms with E-state index < -0.39 is 0 Å². The van der Waals surface area contributed by atoms with E-state index in [1.807, 2.05) is 18.2 Å². The lowest BCUT2D eigenvalue weighted by atomic mass is 10.2. The number of ether oxygens (including phenoxy) is 2. The Morgan fingerprint density at radius 2 is 2.10 bits per heavy atom. The molecule has 2 rings (SSSR count). The Kier molecular flexibility index (Phi) is 4.09. The van der Waals surface area contributed by atoms with Gasteiger partial charge in [-0.25, -0.2) is 4.98 Å². The van der Waals surface area contributed by atoms with E-state index in [1.165, 1.54) is 0 Å². The lowest BCUT2D eigenvalue weighted by Gasteiger charge is -2.11. The molecule has 0 spiro atoms. The maximum Gasteiger partial charge on any atom is 0.206 e. The average molecular weight is 276 g/mol. The molecule has 1 aromatic heterocycles. The van der Waals surface area contributed by atoms with Gasteiger partial charge in [0.1, 0.15) is 0 Å². The number of oxime groups is 1. The van der Waals surface area contributed by atoms with Crippen molar-refractivity contribution in [1.82, 2.24) is 9.55 Å². The number of nitrogens with zero attached hydrogens (tertiary/aromatic N) is 3. The van der Waals surface area contributed by atoms with Gasteiger partial charge < -0.3 is 25.0 Å². The zero-order chi connectivity index (χ0) is 14.5. The van der Waals surface area contributed by atoms with Crippen molar-refractivity contribution in [2.45, 2.75) is 6.54 Å². The smallest absolute Gasteiger partial charge is 0.206 e. The molecule has 0 saturated carbocycles. The molecule has 0 radical (unpaired) electrons. The van der Waals surface area contributed by atoms with Gasteiger partial charge in [0.05, 0.1) is 14.2 Å². The number of imidazole rings is 1. The molecule has 7 nitrogen and oxygen atoms in total. The van der Waals surface area contributed by atoms with Crippen LogP contribution in [0.15, 0.2) is 35.7 Å². The number of hydrogen-bond acceptors (Lipinski definition) is 5. The third-order valence-corrected chi connectivity index (χ3v) is 2.85. The number of nitrogens with two attached hydrogens (primary N) is 1. The quantitative estimate of drug-likeness (QED) is 0.368. The lowest BCUT2D eigenvalue weighted by molar-refractivity contribution is 0.318. The highest BCUT2D eigenvalue weighted by molar-refractivity contribution is 5.93. The predicted molar refractivity (Wildman–Crippen MR) is 73.4 cm³/mol. The molecule has 0 aliphatic rings. The molecule has 2 aromatic rings. The minimum Gasteiger partial charge on any atom is -0.493 e. The molecule has 0 amide bonds. The summed E-state index contributed by atoms with van der Waals surface area (Å²) >= 11 is 0. The van der Waals surface area contributed by atoms with Crippen molar-refractivity contribution < 1.29 is 14.7 Å². The molecule has 3 N–H and O–H groups in total. The Balaban J connectivity index is 2.29. The summed E-state index contributed by atoms with van der Waals surface area (Å²) in [6.07, 6.45) is 3.35. The molecule has 1 heterocycles. The molecule has 0 atom stereocenters. The summed E-state index contributed by atoms with van der Waals surface area (Å²) in [5.74, 6) is 1.69. The third kappa shape index (κ3) is 2.66. The Labute approximate surface area is 116 Å². The highest BCUT2D eigenvalue weighted by Gasteiger charge is 2.10. The Bertz CT molecular complexity index is 622. The number of benzene rings is 1. The van der Waals surface area contributed by atoms with Gasteiger partial charge in [-0.2, -0.15) is 0 Å². The van der Waals surface area contributed by atoms with Crippen LogP contribution in [0.1, 0.15) is 11.4 Å². The first-order chi connectivity index (χ1) is 9.69. The average Bonchev–Trinajstić information content (AvgIpc) is 2.94. The van der Waals surface area contributed by atoms with Crippen LogP contribution in [0.25, 0.3) is 0 Å². The molecule has 20 heavy (non-hydrogen) atoms. The summed E-state index contributed by atoms with van der Waals surface area (Å²) in [5, 5.41) is 11.7. The van der Waals surface area contributed by atoms with Crippen LogP contribution in [0.2, 0.25) is 0 Å². The maximum atomic E-state index is 8.72. The number of methoxy groups -OCH3 is 2. The van der Waals surface area contributed by atoms with E-state index in [2.05, 4.69) is 10.1 Å². The van der Waals surface area contributed by atoms with Gasteiger partial charge in [-0.3, -0.25) is 0 Å². The SMILES string of the molecule is COc1ccc(Cn2ccnc2/C(N)=N/O)cc1OC. The van der Waals surface area contributed by atoms with Crippen molar-refractivity contribution in [3.8, 4) is 11.5 Å². The fourth-order valence-electron chi connectivity index (χ4n) is 1.89. The fraction of sp³-hybridized carbons (Fsp3) is 0.231. The largest absolute Gasteiger partial charge is 0.493 e. The molecule has 0 aliphatic carbocycles. The predicted octanol–water partition coefficient (Wildman–Crippen LogP) is 1.04. The van der Waals surface area contributed by atoms with Gasteiger partial charge in [0, 0.05) is 18.9 Å². The van der Waals surface area contributed by atoms with Crippen LogP contribution in [0.3, 0.4) is 0 Å². The molecule has 0 fully saturated rings. The summed E-state index contributed by atoms with van der Waals surface area (Å²) in [7, 11) is 3.17. The van der Waals surface area contributed by atoms with E-state index in [0.717, 1.165) is 5.56 Å². The highest BCUT2D eigenvalue weighted by atomic mass is 16.5. The van der Waals surface area contributed by atoms with Crippen molar-refractivity contribution in [3.63, 3.8) is 0 Å². The zero-order valence-electron chi connectivity index (χ0n) is 11.3. The van der Waals surface area contributed by atoms with Gasteiger partial charge in [-0.05, 0) is 17.7 Å². The maximum absolute atomic E-state index is 8.72. The Morgan fingerprint density at radius 3 is 2.75 bits per heavy atom. The van der Waals surface area contributed by atoms with Crippen LogP contribution in [-0.2, 0) is 6.54 Å². The van der Waals surface area contributed by atoms with Crippen LogP contribution >= 0.6 is 0 Å². The van der Waals surface area contributed by atoms with Crippen LogP contribution in [0.5, 0.6) is 11.5 Å². The second kappa shape index (κ2) is 5.96. The molecule has 0 saturated heterocycles. The third-order valence-electron chi connectivity index (χ3n) is 2.85. The summed E-state index contributed by atoms with van der Waals surface area (Å²) in [6, 6.07) is 5.61. The molecule has 1 aromatic carbocycles. The van der Waals surface area contributed by atoms with Gasteiger partial charge in [0.15, 0.2) is 17.3 Å². The number of amidine groups is 1. The molecular weight excluding hydrogens is 260 g/mol. The highest BCUT2D eigenvalue weighted by Crippen LogP contribution is 2.27. The molecular formula is C13H16N4O3. The van der Waals surface area contributed by atoms with E-state index in [9.17, 15) is 0 Å². The zero-order valence-corrected chi connectivity index (χ0v) is 11.3. The van der Waals surface area contributed by atoms with E-state index >= 15 is 0 Å². The Hall–Kier alpha value is -2.70. The lowest BCUT2D eigenvalue weighted by Crippen LogP contribution is -2.19. The minimum absolute atomic E-state index is 0.0320. The standard InChI is InChI=1S/C13H16N4O3/c1-19-10-4-3-9(7-11(10)20-2)8-17-6-5-15-13(17)12(14)16-18/h3-7,18H,8H2,1-2H3,(H2,14,16). The topological polar surface area (TPSA) is 94.9 Å². The first-order valence-electron chi connectivity index (χ1n) is 5.89. The first-order valence-corrected chi connectivity index (χ1v) is 5.89. The second-order valence-corrected chi connectivity index (χ2v) is 4.05.